The number of rotatable bonds is 2. The van der Waals surface area contributed by atoms with Gasteiger partial charge in [0, 0.05) is 11.5 Å². The topological polar surface area (TPSA) is 41.1 Å². The first kappa shape index (κ1) is 12.9. The molecule has 1 atom stereocenters. The van der Waals surface area contributed by atoms with E-state index in [0.29, 0.717) is 17.2 Å². The molecule has 4 bridgehead atoms. The number of piperidine rings is 1. The van der Waals surface area contributed by atoms with E-state index < -0.39 is 0 Å². The van der Waals surface area contributed by atoms with Crippen LogP contribution in [0.4, 0.5) is 0 Å². The van der Waals surface area contributed by atoms with E-state index in [1.807, 2.05) is 0 Å². The van der Waals surface area contributed by atoms with Crippen LogP contribution in [0.25, 0.3) is 0 Å². The van der Waals surface area contributed by atoms with Crippen LogP contribution in [0.15, 0.2) is 0 Å². The fourth-order valence-corrected chi connectivity index (χ4v) is 6.81. The summed E-state index contributed by atoms with van der Waals surface area (Å²) in [6.07, 6.45) is 11.8. The maximum atomic E-state index is 12.8. The highest BCUT2D eigenvalue weighted by Crippen LogP contribution is 2.60. The van der Waals surface area contributed by atoms with Gasteiger partial charge in [0.05, 0.1) is 0 Å². The van der Waals surface area contributed by atoms with Gasteiger partial charge in [0.25, 0.3) is 0 Å². The zero-order valence-corrected chi connectivity index (χ0v) is 13.0. The molecule has 2 N–H and O–H groups in total. The molecule has 3 heteroatoms. The zero-order valence-electron chi connectivity index (χ0n) is 13.0. The molecule has 0 aromatic rings. The molecule has 0 aromatic carbocycles. The molecule has 6 fully saturated rings. The van der Waals surface area contributed by atoms with E-state index in [4.69, 9.17) is 0 Å². The fourth-order valence-electron chi connectivity index (χ4n) is 6.81. The highest BCUT2D eigenvalue weighted by molar-refractivity contribution is 5.83. The fraction of sp³-hybridized carbons (Fsp3) is 0.944. The second-order valence-electron chi connectivity index (χ2n) is 9.06. The Bertz CT molecular complexity index is 431. The van der Waals surface area contributed by atoms with E-state index in [1.54, 1.807) is 0 Å². The van der Waals surface area contributed by atoms with Gasteiger partial charge in [0.1, 0.15) is 0 Å². The molecule has 0 radical (unpaired) electrons. The molecular formula is C18H28N2O. The maximum absolute atomic E-state index is 12.8. The molecule has 3 nitrogen and oxygen atoms in total. The lowest BCUT2D eigenvalue weighted by atomic mass is 9.53. The first-order valence-corrected chi connectivity index (χ1v) is 9.19. The number of hydrogen-bond donors (Lipinski definition) is 2. The van der Waals surface area contributed by atoms with E-state index in [-0.39, 0.29) is 5.54 Å². The van der Waals surface area contributed by atoms with E-state index in [1.165, 1.54) is 51.4 Å². The molecule has 5 aliphatic carbocycles. The van der Waals surface area contributed by atoms with Crippen molar-refractivity contribution in [2.45, 2.75) is 63.3 Å². The quantitative estimate of drug-likeness (QED) is 0.819. The Morgan fingerprint density at radius 2 is 1.48 bits per heavy atom. The molecule has 1 aliphatic heterocycles. The molecule has 6 rings (SSSR count). The normalized spacial score (nSPS) is 49.3. The number of carbonyl (C=O) groups excluding carboxylic acids is 1. The summed E-state index contributed by atoms with van der Waals surface area (Å²) >= 11 is 0. The van der Waals surface area contributed by atoms with Gasteiger partial charge in [-0.05, 0) is 94.0 Å². The molecule has 116 valence electrons. The van der Waals surface area contributed by atoms with Crippen LogP contribution in [0, 0.1) is 29.1 Å². The van der Waals surface area contributed by atoms with Crippen molar-refractivity contribution >= 4 is 5.91 Å². The maximum Gasteiger partial charge on any atom is 0.224 e. The Hall–Kier alpha value is -0.570. The molecular weight excluding hydrogens is 260 g/mol. The number of hydrogen-bond acceptors (Lipinski definition) is 2. The smallest absolute Gasteiger partial charge is 0.224 e. The molecule has 0 aromatic heterocycles. The van der Waals surface area contributed by atoms with E-state index >= 15 is 0 Å². The standard InChI is InChI=1S/C18H28N2O/c21-16(15-11-17(15)1-3-19-4-2-17)20-18-8-12-5-13(9-18)7-14(6-12)10-18/h12-15,19H,1-11H2,(H,20,21). The van der Waals surface area contributed by atoms with Gasteiger partial charge < -0.3 is 10.6 Å². The van der Waals surface area contributed by atoms with Crippen LogP contribution in [0.5, 0.6) is 0 Å². The average molecular weight is 288 g/mol. The van der Waals surface area contributed by atoms with Crippen molar-refractivity contribution in [3.05, 3.63) is 0 Å². The highest BCUT2D eigenvalue weighted by atomic mass is 16.2. The molecule has 1 saturated heterocycles. The summed E-state index contributed by atoms with van der Waals surface area (Å²) in [6.45, 7) is 2.22. The lowest BCUT2D eigenvalue weighted by Gasteiger charge is -2.57. The minimum atomic E-state index is 0.211. The van der Waals surface area contributed by atoms with Crippen molar-refractivity contribution in [3.63, 3.8) is 0 Å². The predicted molar refractivity (Wildman–Crippen MR) is 81.7 cm³/mol. The van der Waals surface area contributed by atoms with Crippen LogP contribution in [-0.4, -0.2) is 24.5 Å². The summed E-state index contributed by atoms with van der Waals surface area (Å²) in [5, 5.41) is 7.03. The molecule has 1 heterocycles. The van der Waals surface area contributed by atoms with Gasteiger partial charge in [0.15, 0.2) is 0 Å². The molecule has 1 unspecified atom stereocenters. The van der Waals surface area contributed by atoms with E-state index in [9.17, 15) is 4.79 Å². The largest absolute Gasteiger partial charge is 0.350 e. The van der Waals surface area contributed by atoms with Gasteiger partial charge in [-0.2, -0.15) is 0 Å². The number of carbonyl (C=O) groups is 1. The number of nitrogens with one attached hydrogen (secondary N) is 2. The van der Waals surface area contributed by atoms with E-state index in [0.717, 1.165) is 37.3 Å². The SMILES string of the molecule is O=C(NC12CC3CC(CC(C3)C1)C2)C1CC12CCNCC2. The third-order valence-electron chi connectivity index (χ3n) is 7.53. The first-order valence-electron chi connectivity index (χ1n) is 9.19. The summed E-state index contributed by atoms with van der Waals surface area (Å²) in [6, 6.07) is 0. The van der Waals surface area contributed by atoms with Crippen LogP contribution >= 0.6 is 0 Å². The van der Waals surface area contributed by atoms with Crippen molar-refractivity contribution in [2.75, 3.05) is 13.1 Å². The summed E-state index contributed by atoms with van der Waals surface area (Å²) in [5.41, 5.74) is 0.597. The second kappa shape index (κ2) is 4.24. The molecule has 6 aliphatic rings. The Balaban J connectivity index is 1.29. The molecule has 21 heavy (non-hydrogen) atoms. The van der Waals surface area contributed by atoms with Crippen molar-refractivity contribution in [1.82, 2.24) is 10.6 Å². The molecule has 1 amide bonds. The predicted octanol–water partition coefficient (Wildman–Crippen LogP) is 2.46. The van der Waals surface area contributed by atoms with Crippen molar-refractivity contribution in [3.8, 4) is 0 Å². The van der Waals surface area contributed by atoms with Crippen LogP contribution in [0.1, 0.15) is 57.8 Å². The van der Waals surface area contributed by atoms with Gasteiger partial charge >= 0.3 is 0 Å². The van der Waals surface area contributed by atoms with Crippen LogP contribution in [-0.2, 0) is 4.79 Å². The highest BCUT2D eigenvalue weighted by Gasteiger charge is 2.59. The minimum Gasteiger partial charge on any atom is -0.350 e. The minimum absolute atomic E-state index is 0.211. The first-order chi connectivity index (χ1) is 10.2. The Labute approximate surface area is 127 Å². The number of amides is 1. The summed E-state index contributed by atoms with van der Waals surface area (Å²) in [5.74, 6) is 3.52. The molecule has 1 spiro atoms. The Morgan fingerprint density at radius 1 is 0.905 bits per heavy atom. The van der Waals surface area contributed by atoms with Crippen molar-refractivity contribution in [2.24, 2.45) is 29.1 Å². The van der Waals surface area contributed by atoms with Gasteiger partial charge in [-0.15, -0.1) is 0 Å². The summed E-state index contributed by atoms with van der Waals surface area (Å²) in [4.78, 5) is 12.8. The van der Waals surface area contributed by atoms with Crippen molar-refractivity contribution < 1.29 is 4.79 Å². The lowest BCUT2D eigenvalue weighted by Crippen LogP contribution is -2.60. The van der Waals surface area contributed by atoms with Crippen molar-refractivity contribution in [1.29, 1.82) is 0 Å². The third-order valence-corrected chi connectivity index (χ3v) is 7.53. The molecule has 5 saturated carbocycles. The van der Waals surface area contributed by atoms with Gasteiger partial charge in [-0.1, -0.05) is 0 Å². The summed E-state index contributed by atoms with van der Waals surface area (Å²) in [7, 11) is 0. The van der Waals surface area contributed by atoms with Crippen LogP contribution in [0.2, 0.25) is 0 Å². The van der Waals surface area contributed by atoms with Gasteiger partial charge in [-0.25, -0.2) is 0 Å². The lowest BCUT2D eigenvalue weighted by molar-refractivity contribution is -0.129. The third kappa shape index (κ3) is 1.99. The zero-order chi connectivity index (χ0) is 14.1. The van der Waals surface area contributed by atoms with E-state index in [2.05, 4.69) is 10.6 Å². The monoisotopic (exact) mass is 288 g/mol. The Kier molecular flexibility index (Phi) is 2.61. The summed E-state index contributed by atoms with van der Waals surface area (Å²) < 4.78 is 0. The van der Waals surface area contributed by atoms with Crippen LogP contribution < -0.4 is 10.6 Å². The second-order valence-corrected chi connectivity index (χ2v) is 9.06. The van der Waals surface area contributed by atoms with Gasteiger partial charge in [-0.3, -0.25) is 4.79 Å². The van der Waals surface area contributed by atoms with Crippen LogP contribution in [0.3, 0.4) is 0 Å². The average Bonchev–Trinajstić information content (AvgIpc) is 3.11. The van der Waals surface area contributed by atoms with Gasteiger partial charge in [0.2, 0.25) is 5.91 Å². The Morgan fingerprint density at radius 3 is 2.05 bits per heavy atom.